The first kappa shape index (κ1) is 29.6. The first-order valence-corrected chi connectivity index (χ1v) is 12.4. The highest BCUT2D eigenvalue weighted by molar-refractivity contribution is 6.31. The normalized spacial score (nSPS) is 11.1. The molecule has 0 saturated carbocycles. The molecule has 0 saturated heterocycles. The molecule has 0 aliphatic carbocycles. The Labute approximate surface area is 228 Å². The van der Waals surface area contributed by atoms with E-state index < -0.39 is 28.4 Å². The SMILES string of the molecule is CC.Cc1cnc(-n2nccc(C(C)(C)O)c2=O)cc1-n1c(C)cc(OCc2ncc(F)cc2F)c(Cl)c1=O. The molecule has 0 aromatic carbocycles. The molecule has 4 aromatic heterocycles. The largest absolute Gasteiger partial charge is 0.485 e. The van der Waals surface area contributed by atoms with Crippen molar-refractivity contribution in [2.75, 3.05) is 0 Å². The van der Waals surface area contributed by atoms with E-state index in [1.54, 1.807) is 13.8 Å². The number of aromatic nitrogens is 5. The summed E-state index contributed by atoms with van der Waals surface area (Å²) in [5, 5.41) is 14.1. The molecule has 0 aliphatic rings. The quantitative estimate of drug-likeness (QED) is 0.369. The fourth-order valence-electron chi connectivity index (χ4n) is 3.68. The molecule has 0 aliphatic heterocycles. The van der Waals surface area contributed by atoms with Crippen LogP contribution in [0, 0.1) is 25.5 Å². The van der Waals surface area contributed by atoms with Crippen molar-refractivity contribution in [1.29, 1.82) is 0 Å². The van der Waals surface area contributed by atoms with Gasteiger partial charge < -0.3 is 9.84 Å². The zero-order chi connectivity index (χ0) is 29.1. The van der Waals surface area contributed by atoms with E-state index in [2.05, 4.69) is 15.1 Å². The Morgan fingerprint density at radius 3 is 2.38 bits per heavy atom. The highest BCUT2D eigenvalue weighted by atomic mass is 35.5. The molecule has 0 unspecified atom stereocenters. The summed E-state index contributed by atoms with van der Waals surface area (Å²) in [6.45, 7) is 9.95. The number of rotatable bonds is 6. The van der Waals surface area contributed by atoms with Crippen molar-refractivity contribution in [3.63, 3.8) is 0 Å². The van der Waals surface area contributed by atoms with Crippen LogP contribution in [0.15, 0.2) is 52.4 Å². The van der Waals surface area contributed by atoms with Crippen LogP contribution in [-0.4, -0.2) is 29.4 Å². The minimum Gasteiger partial charge on any atom is -0.485 e. The van der Waals surface area contributed by atoms with Crippen molar-refractivity contribution < 1.29 is 18.6 Å². The summed E-state index contributed by atoms with van der Waals surface area (Å²) >= 11 is 6.31. The Kier molecular flexibility index (Phi) is 8.98. The van der Waals surface area contributed by atoms with Crippen LogP contribution in [0.4, 0.5) is 8.78 Å². The van der Waals surface area contributed by atoms with Gasteiger partial charge in [0.05, 0.1) is 23.0 Å². The fourth-order valence-corrected chi connectivity index (χ4v) is 3.87. The van der Waals surface area contributed by atoms with Gasteiger partial charge in [-0.15, -0.1) is 0 Å². The lowest BCUT2D eigenvalue weighted by atomic mass is 10.0. The van der Waals surface area contributed by atoms with Crippen LogP contribution < -0.4 is 15.9 Å². The molecular formula is C27H28ClF2N5O4. The van der Waals surface area contributed by atoms with E-state index in [9.17, 15) is 23.5 Å². The second kappa shape index (κ2) is 11.8. The highest BCUT2D eigenvalue weighted by Crippen LogP contribution is 2.26. The minimum absolute atomic E-state index is 0.00589. The lowest BCUT2D eigenvalue weighted by Gasteiger charge is -2.18. The Morgan fingerprint density at radius 1 is 1.05 bits per heavy atom. The second-order valence-corrected chi connectivity index (χ2v) is 9.20. The first-order chi connectivity index (χ1) is 18.4. The molecule has 206 valence electrons. The predicted molar refractivity (Wildman–Crippen MR) is 143 cm³/mol. The molecule has 0 fully saturated rings. The molecule has 0 bridgehead atoms. The van der Waals surface area contributed by atoms with Gasteiger partial charge in [0.25, 0.3) is 11.1 Å². The van der Waals surface area contributed by atoms with Crippen molar-refractivity contribution in [2.45, 2.75) is 53.8 Å². The molecule has 0 spiro atoms. The number of halogens is 3. The molecular weight excluding hydrogens is 532 g/mol. The monoisotopic (exact) mass is 559 g/mol. The van der Waals surface area contributed by atoms with Gasteiger partial charge in [0.1, 0.15) is 28.9 Å². The Bertz CT molecular complexity index is 1630. The van der Waals surface area contributed by atoms with Crippen molar-refractivity contribution in [2.24, 2.45) is 0 Å². The summed E-state index contributed by atoms with van der Waals surface area (Å²) < 4.78 is 34.9. The highest BCUT2D eigenvalue weighted by Gasteiger charge is 2.23. The van der Waals surface area contributed by atoms with E-state index in [1.807, 2.05) is 13.8 Å². The van der Waals surface area contributed by atoms with Crippen LogP contribution >= 0.6 is 11.6 Å². The molecule has 9 nitrogen and oxygen atoms in total. The summed E-state index contributed by atoms with van der Waals surface area (Å²) in [7, 11) is 0. The summed E-state index contributed by atoms with van der Waals surface area (Å²) in [6.07, 6.45) is 3.70. The van der Waals surface area contributed by atoms with Crippen LogP contribution in [0.2, 0.25) is 5.02 Å². The van der Waals surface area contributed by atoms with Gasteiger partial charge in [0, 0.05) is 36.3 Å². The van der Waals surface area contributed by atoms with Crippen LogP contribution in [0.1, 0.15) is 50.2 Å². The maximum absolute atomic E-state index is 13.9. The van der Waals surface area contributed by atoms with Crippen LogP contribution in [-0.2, 0) is 12.2 Å². The summed E-state index contributed by atoms with van der Waals surface area (Å²) in [6, 6.07) is 5.09. The molecule has 4 heterocycles. The number of pyridine rings is 3. The number of aryl methyl sites for hydroxylation is 2. The molecule has 4 aromatic rings. The number of ether oxygens (including phenoxy) is 1. The maximum atomic E-state index is 13.9. The smallest absolute Gasteiger partial charge is 0.279 e. The van der Waals surface area contributed by atoms with Crippen molar-refractivity contribution in [3.05, 3.63) is 103 Å². The van der Waals surface area contributed by atoms with E-state index in [0.717, 1.165) is 10.9 Å². The van der Waals surface area contributed by atoms with Crippen LogP contribution in [0.3, 0.4) is 0 Å². The second-order valence-electron chi connectivity index (χ2n) is 8.83. The summed E-state index contributed by atoms with van der Waals surface area (Å²) in [5.41, 5.74) is -1.23. The van der Waals surface area contributed by atoms with E-state index in [-0.39, 0.29) is 34.5 Å². The van der Waals surface area contributed by atoms with Crippen molar-refractivity contribution >= 4 is 11.6 Å². The number of nitrogens with zero attached hydrogens (tertiary/aromatic N) is 5. The third-order valence-corrected chi connectivity index (χ3v) is 5.92. The van der Waals surface area contributed by atoms with Gasteiger partial charge in [-0.2, -0.15) is 9.78 Å². The molecule has 4 rings (SSSR count). The van der Waals surface area contributed by atoms with Gasteiger partial charge in [-0.1, -0.05) is 25.4 Å². The minimum atomic E-state index is -1.40. The van der Waals surface area contributed by atoms with Gasteiger partial charge in [-0.3, -0.25) is 19.1 Å². The Hall–Kier alpha value is -3.96. The predicted octanol–water partition coefficient (Wildman–Crippen LogP) is 4.55. The van der Waals surface area contributed by atoms with Gasteiger partial charge in [-0.25, -0.2) is 13.8 Å². The standard InChI is InChI=1S/C25H22ClF2N5O4.C2H6/c1-13-10-30-21(33-23(34)16(5-6-31-33)25(3,4)36)9-19(13)32-14(2)7-20(22(26)24(32)35)37-12-18-17(28)8-15(27)11-29-18;1-2/h5-11,36H,12H2,1-4H3;1-2H3. The van der Waals surface area contributed by atoms with Gasteiger partial charge >= 0.3 is 0 Å². The third kappa shape index (κ3) is 6.21. The molecule has 39 heavy (non-hydrogen) atoms. The number of aliphatic hydroxyl groups is 1. The van der Waals surface area contributed by atoms with Crippen LogP contribution in [0.5, 0.6) is 5.75 Å². The average Bonchev–Trinajstić information content (AvgIpc) is 2.88. The van der Waals surface area contributed by atoms with Gasteiger partial charge in [0.2, 0.25) is 0 Å². The maximum Gasteiger partial charge on any atom is 0.279 e. The average molecular weight is 560 g/mol. The zero-order valence-corrected chi connectivity index (χ0v) is 23.0. The lowest BCUT2D eigenvalue weighted by Crippen LogP contribution is -2.32. The molecule has 1 N–H and O–H groups in total. The third-order valence-electron chi connectivity index (χ3n) is 5.57. The molecule has 0 atom stereocenters. The van der Waals surface area contributed by atoms with Crippen molar-refractivity contribution in [1.82, 2.24) is 24.3 Å². The Morgan fingerprint density at radius 2 is 1.74 bits per heavy atom. The molecule has 0 radical (unpaired) electrons. The summed E-state index contributed by atoms with van der Waals surface area (Å²) in [4.78, 5) is 34.1. The van der Waals surface area contributed by atoms with E-state index in [0.29, 0.717) is 23.0 Å². The fraction of sp³-hybridized carbons (Fsp3) is 0.296. The lowest BCUT2D eigenvalue weighted by molar-refractivity contribution is 0.0764. The summed E-state index contributed by atoms with van der Waals surface area (Å²) in [5.74, 6) is -1.60. The van der Waals surface area contributed by atoms with Crippen molar-refractivity contribution in [3.8, 4) is 17.3 Å². The molecule has 0 amide bonds. The number of hydrogen-bond acceptors (Lipinski definition) is 7. The number of hydrogen-bond donors (Lipinski definition) is 1. The molecule has 12 heteroatoms. The van der Waals surface area contributed by atoms with E-state index >= 15 is 0 Å². The zero-order valence-electron chi connectivity index (χ0n) is 22.3. The van der Waals surface area contributed by atoms with Gasteiger partial charge in [-0.05, 0) is 39.3 Å². The Balaban J connectivity index is 0.00000205. The van der Waals surface area contributed by atoms with Gasteiger partial charge in [0.15, 0.2) is 11.6 Å². The van der Waals surface area contributed by atoms with Crippen LogP contribution in [0.25, 0.3) is 11.5 Å². The first-order valence-electron chi connectivity index (χ1n) is 12.0. The van der Waals surface area contributed by atoms with E-state index in [1.165, 1.54) is 49.0 Å². The topological polar surface area (TPSA) is 112 Å². The van der Waals surface area contributed by atoms with E-state index in [4.69, 9.17) is 16.3 Å².